The normalized spacial score (nSPS) is 14.9. The summed E-state index contributed by atoms with van der Waals surface area (Å²) in [4.78, 5) is 0. The minimum Gasteiger partial charge on any atom is -0.508 e. The Morgan fingerprint density at radius 2 is 1.73 bits per heavy atom. The first-order chi connectivity index (χ1) is 7.01. The SMILES string of the molecule is CCNC(C)(CO)c1cc(O)cc(O)c1. The van der Waals surface area contributed by atoms with Gasteiger partial charge in [0.25, 0.3) is 0 Å². The Morgan fingerprint density at radius 3 is 2.13 bits per heavy atom. The van der Waals surface area contributed by atoms with E-state index in [4.69, 9.17) is 0 Å². The maximum Gasteiger partial charge on any atom is 0.119 e. The molecule has 0 amide bonds. The van der Waals surface area contributed by atoms with Gasteiger partial charge in [0.05, 0.1) is 12.1 Å². The number of aromatic hydroxyl groups is 2. The lowest BCUT2D eigenvalue weighted by atomic mass is 9.92. The zero-order chi connectivity index (χ0) is 11.5. The average molecular weight is 211 g/mol. The summed E-state index contributed by atoms with van der Waals surface area (Å²) in [6.07, 6.45) is 0. The van der Waals surface area contributed by atoms with Crippen LogP contribution in [0.15, 0.2) is 18.2 Å². The van der Waals surface area contributed by atoms with Crippen LogP contribution < -0.4 is 5.32 Å². The predicted molar refractivity (Wildman–Crippen MR) is 57.9 cm³/mol. The van der Waals surface area contributed by atoms with E-state index < -0.39 is 5.54 Å². The van der Waals surface area contributed by atoms with E-state index in [-0.39, 0.29) is 18.1 Å². The molecule has 0 heterocycles. The highest BCUT2D eigenvalue weighted by Crippen LogP contribution is 2.28. The van der Waals surface area contributed by atoms with E-state index in [0.29, 0.717) is 12.1 Å². The molecular formula is C11H17NO3. The molecule has 1 aromatic rings. The van der Waals surface area contributed by atoms with Crippen molar-refractivity contribution < 1.29 is 15.3 Å². The fourth-order valence-corrected chi connectivity index (χ4v) is 1.55. The van der Waals surface area contributed by atoms with Crippen LogP contribution in [0.4, 0.5) is 0 Å². The van der Waals surface area contributed by atoms with E-state index in [9.17, 15) is 15.3 Å². The molecule has 0 fully saturated rings. The lowest BCUT2D eigenvalue weighted by molar-refractivity contribution is 0.177. The van der Waals surface area contributed by atoms with Crippen molar-refractivity contribution in [2.75, 3.05) is 13.2 Å². The van der Waals surface area contributed by atoms with Crippen molar-refractivity contribution in [3.63, 3.8) is 0 Å². The molecule has 4 heteroatoms. The van der Waals surface area contributed by atoms with Crippen molar-refractivity contribution in [3.05, 3.63) is 23.8 Å². The number of phenolic OH excluding ortho intramolecular Hbond substituents is 2. The van der Waals surface area contributed by atoms with Gasteiger partial charge in [-0.3, -0.25) is 0 Å². The Labute approximate surface area is 89.2 Å². The molecule has 0 radical (unpaired) electrons. The van der Waals surface area contributed by atoms with Gasteiger partial charge >= 0.3 is 0 Å². The van der Waals surface area contributed by atoms with Crippen molar-refractivity contribution in [3.8, 4) is 11.5 Å². The Bertz CT molecular complexity index is 320. The molecule has 0 aliphatic heterocycles. The van der Waals surface area contributed by atoms with Gasteiger partial charge in [-0.15, -0.1) is 0 Å². The number of rotatable bonds is 4. The van der Waals surface area contributed by atoms with Gasteiger partial charge in [-0.1, -0.05) is 6.92 Å². The van der Waals surface area contributed by atoms with Crippen LogP contribution in [-0.2, 0) is 5.54 Å². The van der Waals surface area contributed by atoms with Gasteiger partial charge in [-0.25, -0.2) is 0 Å². The fourth-order valence-electron chi connectivity index (χ4n) is 1.55. The van der Waals surface area contributed by atoms with Crippen LogP contribution >= 0.6 is 0 Å². The summed E-state index contributed by atoms with van der Waals surface area (Å²) in [6.45, 7) is 4.32. The van der Waals surface area contributed by atoms with Gasteiger partial charge in [0, 0.05) is 6.07 Å². The van der Waals surface area contributed by atoms with E-state index in [2.05, 4.69) is 5.32 Å². The molecular weight excluding hydrogens is 194 g/mol. The standard InChI is InChI=1S/C11H17NO3/c1-3-12-11(2,7-13)8-4-9(14)6-10(15)5-8/h4-6,12-15H,3,7H2,1-2H3. The Kier molecular flexibility index (Phi) is 3.55. The zero-order valence-corrected chi connectivity index (χ0v) is 8.99. The predicted octanol–water partition coefficient (Wildman–Crippen LogP) is 0.915. The molecule has 0 saturated heterocycles. The molecule has 15 heavy (non-hydrogen) atoms. The maximum absolute atomic E-state index is 9.35. The molecule has 0 saturated carbocycles. The first-order valence-corrected chi connectivity index (χ1v) is 4.91. The lowest BCUT2D eigenvalue weighted by Gasteiger charge is -2.29. The number of aliphatic hydroxyl groups is 1. The number of hydrogen-bond donors (Lipinski definition) is 4. The van der Waals surface area contributed by atoms with Crippen LogP contribution in [0.25, 0.3) is 0 Å². The lowest BCUT2D eigenvalue weighted by Crippen LogP contribution is -2.42. The average Bonchev–Trinajstić information content (AvgIpc) is 2.16. The summed E-state index contributed by atoms with van der Waals surface area (Å²) in [5.74, 6) is -0.0230. The minimum atomic E-state index is -0.648. The second kappa shape index (κ2) is 4.51. The van der Waals surface area contributed by atoms with Gasteiger partial charge in [0.1, 0.15) is 11.5 Å². The Balaban J connectivity index is 3.11. The summed E-state index contributed by atoms with van der Waals surface area (Å²) in [6, 6.07) is 4.31. The first kappa shape index (κ1) is 11.8. The number of aliphatic hydroxyl groups excluding tert-OH is 1. The number of hydrogen-bond acceptors (Lipinski definition) is 4. The van der Waals surface area contributed by atoms with Gasteiger partial charge in [-0.2, -0.15) is 0 Å². The van der Waals surface area contributed by atoms with E-state index in [1.807, 2.05) is 13.8 Å². The largest absolute Gasteiger partial charge is 0.508 e. The summed E-state index contributed by atoms with van der Waals surface area (Å²) in [7, 11) is 0. The highest BCUT2D eigenvalue weighted by Gasteiger charge is 2.25. The van der Waals surface area contributed by atoms with Crippen LogP contribution in [0.2, 0.25) is 0 Å². The Morgan fingerprint density at radius 1 is 1.20 bits per heavy atom. The first-order valence-electron chi connectivity index (χ1n) is 4.91. The number of nitrogens with one attached hydrogen (secondary N) is 1. The molecule has 4 N–H and O–H groups in total. The van der Waals surface area contributed by atoms with E-state index in [1.54, 1.807) is 0 Å². The molecule has 0 spiro atoms. The number of likely N-dealkylation sites (N-methyl/N-ethyl adjacent to an activating group) is 1. The third-order valence-corrected chi connectivity index (χ3v) is 2.42. The summed E-state index contributed by atoms with van der Waals surface area (Å²) >= 11 is 0. The number of phenols is 2. The van der Waals surface area contributed by atoms with Crippen LogP contribution in [0.3, 0.4) is 0 Å². The van der Waals surface area contributed by atoms with Gasteiger partial charge < -0.3 is 20.6 Å². The molecule has 0 bridgehead atoms. The topological polar surface area (TPSA) is 72.7 Å². The highest BCUT2D eigenvalue weighted by atomic mass is 16.3. The van der Waals surface area contributed by atoms with Crippen LogP contribution in [0.1, 0.15) is 19.4 Å². The second-order valence-electron chi connectivity index (χ2n) is 3.76. The third kappa shape index (κ3) is 2.61. The van der Waals surface area contributed by atoms with Crippen molar-refractivity contribution in [1.29, 1.82) is 0 Å². The summed E-state index contributed by atoms with van der Waals surface area (Å²) < 4.78 is 0. The summed E-state index contributed by atoms with van der Waals surface area (Å²) in [5, 5.41) is 31.1. The molecule has 84 valence electrons. The summed E-state index contributed by atoms with van der Waals surface area (Å²) in [5.41, 5.74) is 0.00896. The van der Waals surface area contributed by atoms with Crippen molar-refractivity contribution in [2.24, 2.45) is 0 Å². The van der Waals surface area contributed by atoms with Gasteiger partial charge in [-0.05, 0) is 31.2 Å². The van der Waals surface area contributed by atoms with Gasteiger partial charge in [0.2, 0.25) is 0 Å². The molecule has 1 rings (SSSR count). The molecule has 0 aliphatic rings. The van der Waals surface area contributed by atoms with E-state index in [0.717, 1.165) is 0 Å². The fraction of sp³-hybridized carbons (Fsp3) is 0.455. The third-order valence-electron chi connectivity index (χ3n) is 2.42. The molecule has 1 atom stereocenters. The van der Waals surface area contributed by atoms with Crippen LogP contribution in [0, 0.1) is 0 Å². The molecule has 1 aromatic carbocycles. The van der Waals surface area contributed by atoms with Gasteiger partial charge in [0.15, 0.2) is 0 Å². The van der Waals surface area contributed by atoms with Crippen LogP contribution in [-0.4, -0.2) is 28.5 Å². The van der Waals surface area contributed by atoms with E-state index in [1.165, 1.54) is 18.2 Å². The zero-order valence-electron chi connectivity index (χ0n) is 8.99. The van der Waals surface area contributed by atoms with Crippen molar-refractivity contribution in [2.45, 2.75) is 19.4 Å². The molecule has 4 nitrogen and oxygen atoms in total. The van der Waals surface area contributed by atoms with Crippen molar-refractivity contribution in [1.82, 2.24) is 5.32 Å². The van der Waals surface area contributed by atoms with Crippen LogP contribution in [0.5, 0.6) is 11.5 Å². The minimum absolute atomic E-state index is 0.0115. The maximum atomic E-state index is 9.35. The number of benzene rings is 1. The second-order valence-corrected chi connectivity index (χ2v) is 3.76. The monoisotopic (exact) mass is 211 g/mol. The van der Waals surface area contributed by atoms with Crippen molar-refractivity contribution >= 4 is 0 Å². The Hall–Kier alpha value is -1.26. The van der Waals surface area contributed by atoms with E-state index >= 15 is 0 Å². The smallest absolute Gasteiger partial charge is 0.119 e. The highest BCUT2D eigenvalue weighted by molar-refractivity contribution is 5.40. The molecule has 1 unspecified atom stereocenters. The molecule has 0 aliphatic carbocycles. The molecule has 0 aromatic heterocycles. The quantitative estimate of drug-likeness (QED) is 0.597.